The number of methoxy groups -OCH3 is 1. The molecule has 0 aromatic carbocycles. The number of imide groups is 2. The fourth-order valence-electron chi connectivity index (χ4n) is 3.37. The molecule has 2 fully saturated rings. The summed E-state index contributed by atoms with van der Waals surface area (Å²) in [5.41, 5.74) is -1.05. The average Bonchev–Trinajstić information content (AvgIpc) is 2.71. The van der Waals surface area contributed by atoms with E-state index < -0.39 is 17.4 Å². The predicted octanol–water partition coefficient (Wildman–Crippen LogP) is 1.83. The second kappa shape index (κ2) is 6.56. The van der Waals surface area contributed by atoms with Gasteiger partial charge in [-0.2, -0.15) is 0 Å². The zero-order valence-corrected chi connectivity index (χ0v) is 12.8. The van der Waals surface area contributed by atoms with E-state index in [1.165, 1.54) is 4.90 Å². The number of carbonyl (C=O) groups is 3. The van der Waals surface area contributed by atoms with Crippen LogP contribution in [0.3, 0.4) is 0 Å². The zero-order chi connectivity index (χ0) is 15.5. The van der Waals surface area contributed by atoms with E-state index in [4.69, 9.17) is 4.74 Å². The average molecular weight is 296 g/mol. The second-order valence-corrected chi connectivity index (χ2v) is 5.95. The van der Waals surface area contributed by atoms with Crippen LogP contribution in [0.5, 0.6) is 0 Å². The fourth-order valence-corrected chi connectivity index (χ4v) is 3.37. The van der Waals surface area contributed by atoms with Crippen LogP contribution in [0, 0.1) is 5.41 Å². The molecule has 1 spiro atoms. The van der Waals surface area contributed by atoms with Gasteiger partial charge in [-0.1, -0.05) is 32.6 Å². The van der Waals surface area contributed by atoms with Gasteiger partial charge in [-0.25, -0.2) is 4.79 Å². The number of hydrogen-bond acceptors (Lipinski definition) is 4. The largest absolute Gasteiger partial charge is 0.383 e. The summed E-state index contributed by atoms with van der Waals surface area (Å²) in [5.74, 6) is -0.745. The van der Waals surface area contributed by atoms with Crippen LogP contribution in [0.4, 0.5) is 4.79 Å². The lowest BCUT2D eigenvalue weighted by atomic mass is 9.76. The lowest BCUT2D eigenvalue weighted by molar-refractivity contribution is -0.154. The Morgan fingerprint density at radius 1 is 1.19 bits per heavy atom. The topological polar surface area (TPSA) is 75.7 Å². The third-order valence-corrected chi connectivity index (χ3v) is 4.65. The molecule has 0 radical (unpaired) electrons. The molecule has 118 valence electrons. The van der Waals surface area contributed by atoms with E-state index in [-0.39, 0.29) is 11.9 Å². The van der Waals surface area contributed by atoms with Crippen molar-refractivity contribution in [1.29, 1.82) is 0 Å². The summed E-state index contributed by atoms with van der Waals surface area (Å²) in [6, 6.07) is -0.931. The van der Waals surface area contributed by atoms with E-state index in [1.807, 2.05) is 6.92 Å². The Bertz CT molecular complexity index is 427. The Labute approximate surface area is 125 Å². The van der Waals surface area contributed by atoms with Crippen molar-refractivity contribution < 1.29 is 19.1 Å². The Morgan fingerprint density at radius 2 is 1.81 bits per heavy atom. The van der Waals surface area contributed by atoms with Gasteiger partial charge in [0.25, 0.3) is 0 Å². The SMILES string of the molecule is CCC(COC)N1C(=O)NC(=O)C2(CCCCCC2)C1=O. The molecule has 1 unspecified atom stereocenters. The van der Waals surface area contributed by atoms with Crippen LogP contribution in [-0.4, -0.2) is 42.5 Å². The number of barbiturate groups is 1. The number of carbonyl (C=O) groups excluding carboxylic acids is 3. The highest BCUT2D eigenvalue weighted by Gasteiger charge is 2.54. The highest BCUT2D eigenvalue weighted by Crippen LogP contribution is 2.39. The molecule has 2 aliphatic rings. The Morgan fingerprint density at radius 3 is 2.33 bits per heavy atom. The minimum Gasteiger partial charge on any atom is -0.383 e. The van der Waals surface area contributed by atoms with Crippen LogP contribution in [0.1, 0.15) is 51.9 Å². The Kier molecular flexibility index (Phi) is 4.98. The molecule has 1 N–H and O–H groups in total. The lowest BCUT2D eigenvalue weighted by Gasteiger charge is -2.41. The van der Waals surface area contributed by atoms with Crippen LogP contribution in [0.2, 0.25) is 0 Å². The monoisotopic (exact) mass is 296 g/mol. The third-order valence-electron chi connectivity index (χ3n) is 4.65. The summed E-state index contributed by atoms with van der Waals surface area (Å²) in [4.78, 5) is 38.6. The van der Waals surface area contributed by atoms with Gasteiger partial charge in [0.2, 0.25) is 11.8 Å². The van der Waals surface area contributed by atoms with Crippen LogP contribution in [0.15, 0.2) is 0 Å². The fraction of sp³-hybridized carbons (Fsp3) is 0.800. The zero-order valence-electron chi connectivity index (χ0n) is 12.8. The van der Waals surface area contributed by atoms with Crippen molar-refractivity contribution in [1.82, 2.24) is 10.2 Å². The van der Waals surface area contributed by atoms with Crippen LogP contribution < -0.4 is 5.32 Å². The summed E-state index contributed by atoms with van der Waals surface area (Å²) in [7, 11) is 1.54. The highest BCUT2D eigenvalue weighted by molar-refractivity contribution is 6.19. The maximum atomic E-state index is 12.9. The molecule has 1 saturated heterocycles. The van der Waals surface area contributed by atoms with Crippen LogP contribution in [-0.2, 0) is 14.3 Å². The molecule has 1 saturated carbocycles. The first-order valence-electron chi connectivity index (χ1n) is 7.75. The van der Waals surface area contributed by atoms with E-state index in [0.717, 1.165) is 25.7 Å². The Hall–Kier alpha value is -1.43. The molecule has 4 amide bonds. The predicted molar refractivity (Wildman–Crippen MR) is 76.5 cm³/mol. The Balaban J connectivity index is 2.32. The number of rotatable bonds is 4. The van der Waals surface area contributed by atoms with Gasteiger partial charge >= 0.3 is 6.03 Å². The molecule has 0 bridgehead atoms. The number of hydrogen-bond donors (Lipinski definition) is 1. The molecule has 1 atom stereocenters. The smallest absolute Gasteiger partial charge is 0.331 e. The normalized spacial score (nSPS) is 23.9. The van der Waals surface area contributed by atoms with Gasteiger partial charge in [-0.3, -0.25) is 19.8 Å². The summed E-state index contributed by atoms with van der Waals surface area (Å²) in [5, 5.41) is 2.39. The van der Waals surface area contributed by atoms with Gasteiger partial charge in [0, 0.05) is 7.11 Å². The van der Waals surface area contributed by atoms with E-state index in [9.17, 15) is 14.4 Å². The lowest BCUT2D eigenvalue weighted by Crippen LogP contribution is -2.66. The minimum absolute atomic E-state index is 0.292. The van der Waals surface area contributed by atoms with Crippen molar-refractivity contribution in [3.8, 4) is 0 Å². The van der Waals surface area contributed by atoms with E-state index in [2.05, 4.69) is 5.32 Å². The molecule has 2 rings (SSSR count). The summed E-state index contributed by atoms with van der Waals surface area (Å²) in [6.45, 7) is 2.19. The number of nitrogens with one attached hydrogen (secondary N) is 1. The van der Waals surface area contributed by atoms with Crippen molar-refractivity contribution in [2.24, 2.45) is 5.41 Å². The number of nitrogens with zero attached hydrogens (tertiary/aromatic N) is 1. The van der Waals surface area contributed by atoms with Crippen molar-refractivity contribution in [2.45, 2.75) is 57.9 Å². The van der Waals surface area contributed by atoms with Gasteiger partial charge in [0.1, 0.15) is 5.41 Å². The van der Waals surface area contributed by atoms with E-state index in [0.29, 0.717) is 25.9 Å². The maximum absolute atomic E-state index is 12.9. The summed E-state index contributed by atoms with van der Waals surface area (Å²) in [6.07, 6.45) is 5.44. The van der Waals surface area contributed by atoms with Crippen LogP contribution >= 0.6 is 0 Å². The van der Waals surface area contributed by atoms with Gasteiger partial charge in [-0.15, -0.1) is 0 Å². The highest BCUT2D eigenvalue weighted by atomic mass is 16.5. The minimum atomic E-state index is -1.05. The second-order valence-electron chi connectivity index (χ2n) is 5.95. The molecule has 1 heterocycles. The van der Waals surface area contributed by atoms with Gasteiger partial charge in [-0.05, 0) is 19.3 Å². The summed E-state index contributed by atoms with van der Waals surface area (Å²) < 4.78 is 5.11. The number of amides is 4. The molecule has 1 aliphatic carbocycles. The van der Waals surface area contributed by atoms with Crippen molar-refractivity contribution in [3.05, 3.63) is 0 Å². The van der Waals surface area contributed by atoms with Crippen molar-refractivity contribution in [2.75, 3.05) is 13.7 Å². The first kappa shape index (κ1) is 15.9. The summed E-state index contributed by atoms with van der Waals surface area (Å²) >= 11 is 0. The van der Waals surface area contributed by atoms with Gasteiger partial charge in [0.15, 0.2) is 0 Å². The van der Waals surface area contributed by atoms with Gasteiger partial charge in [0.05, 0.1) is 12.6 Å². The molecule has 0 aromatic heterocycles. The first-order chi connectivity index (χ1) is 10.1. The quantitative estimate of drug-likeness (QED) is 0.803. The van der Waals surface area contributed by atoms with Crippen LogP contribution in [0.25, 0.3) is 0 Å². The van der Waals surface area contributed by atoms with E-state index >= 15 is 0 Å². The molecule has 21 heavy (non-hydrogen) atoms. The number of ether oxygens (including phenoxy) is 1. The molecule has 1 aliphatic heterocycles. The molecular formula is C15H24N2O4. The standard InChI is InChI=1S/C15H24N2O4/c1-3-11(10-21-2)17-13(19)15(12(18)16-14(17)20)8-6-4-5-7-9-15/h11H,3-10H2,1-2H3,(H,16,18,20). The molecule has 6 heteroatoms. The van der Waals surface area contributed by atoms with E-state index in [1.54, 1.807) is 7.11 Å². The molecule has 6 nitrogen and oxygen atoms in total. The maximum Gasteiger partial charge on any atom is 0.331 e. The third kappa shape index (κ3) is 2.81. The molecular weight excluding hydrogens is 272 g/mol. The number of urea groups is 1. The van der Waals surface area contributed by atoms with Gasteiger partial charge < -0.3 is 4.74 Å². The first-order valence-corrected chi connectivity index (χ1v) is 7.75. The molecule has 0 aromatic rings. The van der Waals surface area contributed by atoms with Crippen molar-refractivity contribution in [3.63, 3.8) is 0 Å². The van der Waals surface area contributed by atoms with Crippen molar-refractivity contribution >= 4 is 17.8 Å².